The quantitative estimate of drug-likeness (QED) is 0.795. The van der Waals surface area contributed by atoms with Crippen molar-refractivity contribution in [2.75, 3.05) is 0 Å². The summed E-state index contributed by atoms with van der Waals surface area (Å²) < 4.78 is 5.89. The predicted octanol–water partition coefficient (Wildman–Crippen LogP) is 4.13. The molecule has 2 aromatic rings. The van der Waals surface area contributed by atoms with Crippen molar-refractivity contribution in [1.29, 1.82) is 0 Å². The lowest BCUT2D eigenvalue weighted by Gasteiger charge is -2.22. The van der Waals surface area contributed by atoms with Crippen LogP contribution in [-0.4, -0.2) is 17.1 Å². The van der Waals surface area contributed by atoms with Crippen molar-refractivity contribution in [3.63, 3.8) is 0 Å². The number of nitrogens with zero attached hydrogens (tertiary/aromatic N) is 1. The molecule has 24 heavy (non-hydrogen) atoms. The maximum absolute atomic E-state index is 12.4. The SMILES string of the molecule is CC(C)(C)c1ccccc1OC1=CN1C(=O)c1ccc(C=O)cc1. The van der Waals surface area contributed by atoms with Crippen molar-refractivity contribution in [2.45, 2.75) is 26.2 Å². The Balaban J connectivity index is 1.71. The van der Waals surface area contributed by atoms with Crippen molar-refractivity contribution in [3.8, 4) is 5.75 Å². The number of para-hydroxylation sites is 1. The summed E-state index contributed by atoms with van der Waals surface area (Å²) in [6.45, 7) is 6.36. The molecule has 0 spiro atoms. The number of amides is 1. The van der Waals surface area contributed by atoms with Crippen LogP contribution in [0.4, 0.5) is 0 Å². The summed E-state index contributed by atoms with van der Waals surface area (Å²) in [5.41, 5.74) is 2.09. The summed E-state index contributed by atoms with van der Waals surface area (Å²) >= 11 is 0. The predicted molar refractivity (Wildman–Crippen MR) is 91.9 cm³/mol. The molecule has 0 atom stereocenters. The molecular weight excluding hydrogens is 302 g/mol. The van der Waals surface area contributed by atoms with Crippen molar-refractivity contribution < 1.29 is 14.3 Å². The molecule has 0 bridgehead atoms. The van der Waals surface area contributed by atoms with E-state index in [1.807, 2.05) is 24.3 Å². The molecule has 0 aliphatic carbocycles. The van der Waals surface area contributed by atoms with Gasteiger partial charge in [-0.3, -0.25) is 9.59 Å². The summed E-state index contributed by atoms with van der Waals surface area (Å²) in [5.74, 6) is 1.11. The third kappa shape index (κ3) is 3.23. The van der Waals surface area contributed by atoms with E-state index in [4.69, 9.17) is 4.74 Å². The third-order valence-electron chi connectivity index (χ3n) is 3.83. The van der Waals surface area contributed by atoms with Gasteiger partial charge in [0.2, 0.25) is 5.88 Å². The van der Waals surface area contributed by atoms with E-state index in [1.165, 1.54) is 4.90 Å². The molecular formula is C20H19NO3. The van der Waals surface area contributed by atoms with E-state index in [1.54, 1.807) is 30.5 Å². The molecule has 0 unspecified atom stereocenters. The second kappa shape index (κ2) is 5.96. The van der Waals surface area contributed by atoms with Gasteiger partial charge in [-0.25, -0.2) is 4.90 Å². The van der Waals surface area contributed by atoms with Crippen molar-refractivity contribution in [2.24, 2.45) is 0 Å². The molecule has 0 saturated carbocycles. The molecule has 122 valence electrons. The van der Waals surface area contributed by atoms with Crippen molar-refractivity contribution in [3.05, 3.63) is 77.3 Å². The number of hydrogen-bond acceptors (Lipinski definition) is 3. The fourth-order valence-corrected chi connectivity index (χ4v) is 2.45. The number of carbonyl (C=O) groups excluding carboxylic acids is 2. The van der Waals surface area contributed by atoms with Gasteiger partial charge in [0.25, 0.3) is 5.91 Å². The second-order valence-electron chi connectivity index (χ2n) is 6.73. The maximum Gasteiger partial charge on any atom is 0.264 e. The topological polar surface area (TPSA) is 46.4 Å². The number of rotatable bonds is 4. The molecule has 1 aliphatic heterocycles. The van der Waals surface area contributed by atoms with Crippen molar-refractivity contribution in [1.82, 2.24) is 4.90 Å². The van der Waals surface area contributed by atoms with Crippen LogP contribution in [-0.2, 0) is 5.41 Å². The van der Waals surface area contributed by atoms with E-state index in [2.05, 4.69) is 20.8 Å². The highest BCUT2D eigenvalue weighted by atomic mass is 16.5. The second-order valence-corrected chi connectivity index (χ2v) is 6.73. The average molecular weight is 321 g/mol. The summed E-state index contributed by atoms with van der Waals surface area (Å²) in [5, 5.41) is 0. The molecule has 4 heteroatoms. The van der Waals surface area contributed by atoms with E-state index < -0.39 is 0 Å². The van der Waals surface area contributed by atoms with Crippen molar-refractivity contribution >= 4 is 12.2 Å². The molecule has 3 rings (SSSR count). The Bertz CT molecular complexity index is 814. The molecule has 1 heterocycles. The highest BCUT2D eigenvalue weighted by Gasteiger charge is 2.32. The summed E-state index contributed by atoms with van der Waals surface area (Å²) in [7, 11) is 0. The van der Waals surface area contributed by atoms with Gasteiger partial charge in [0.15, 0.2) is 0 Å². The molecule has 1 aliphatic rings. The monoisotopic (exact) mass is 321 g/mol. The van der Waals surface area contributed by atoms with Gasteiger partial charge in [0.05, 0.1) is 6.20 Å². The Kier molecular flexibility index (Phi) is 3.97. The fraction of sp³-hybridized carbons (Fsp3) is 0.200. The van der Waals surface area contributed by atoms with E-state index in [0.29, 0.717) is 17.0 Å². The minimum absolute atomic E-state index is 0.0501. The van der Waals surface area contributed by atoms with E-state index in [0.717, 1.165) is 17.6 Å². The van der Waals surface area contributed by atoms with Gasteiger partial charge in [0, 0.05) is 16.7 Å². The van der Waals surface area contributed by atoms with Gasteiger partial charge in [0.1, 0.15) is 12.0 Å². The van der Waals surface area contributed by atoms with Gasteiger partial charge in [-0.1, -0.05) is 51.1 Å². The Labute approximate surface area is 141 Å². The Morgan fingerprint density at radius 3 is 2.33 bits per heavy atom. The first-order valence-electron chi connectivity index (χ1n) is 7.78. The first-order valence-corrected chi connectivity index (χ1v) is 7.78. The fourth-order valence-electron chi connectivity index (χ4n) is 2.45. The minimum Gasteiger partial charge on any atom is -0.438 e. The summed E-state index contributed by atoms with van der Waals surface area (Å²) in [6.07, 6.45) is 2.41. The highest BCUT2D eigenvalue weighted by Crippen LogP contribution is 2.35. The van der Waals surface area contributed by atoms with Crippen LogP contribution >= 0.6 is 0 Å². The van der Waals surface area contributed by atoms with E-state index >= 15 is 0 Å². The summed E-state index contributed by atoms with van der Waals surface area (Å²) in [6, 6.07) is 14.4. The summed E-state index contributed by atoms with van der Waals surface area (Å²) in [4.78, 5) is 24.5. The molecule has 0 aromatic heterocycles. The number of benzene rings is 2. The van der Waals surface area contributed by atoms with Crippen LogP contribution in [0, 0.1) is 0 Å². The van der Waals surface area contributed by atoms with Crippen LogP contribution in [0.25, 0.3) is 0 Å². The van der Waals surface area contributed by atoms with Gasteiger partial charge in [-0.05, 0) is 23.6 Å². The maximum atomic E-state index is 12.4. The van der Waals surface area contributed by atoms with Gasteiger partial charge in [-0.2, -0.15) is 0 Å². The molecule has 0 N–H and O–H groups in total. The molecule has 1 amide bonds. The lowest BCUT2D eigenvalue weighted by molar-refractivity contribution is 0.0872. The smallest absolute Gasteiger partial charge is 0.264 e. The molecule has 2 aromatic carbocycles. The normalized spacial score (nSPS) is 13.3. The van der Waals surface area contributed by atoms with Gasteiger partial charge >= 0.3 is 0 Å². The Morgan fingerprint density at radius 2 is 1.71 bits per heavy atom. The van der Waals surface area contributed by atoms with E-state index in [9.17, 15) is 9.59 Å². The van der Waals surface area contributed by atoms with E-state index in [-0.39, 0.29) is 11.3 Å². The lowest BCUT2D eigenvalue weighted by Crippen LogP contribution is -2.16. The van der Waals surface area contributed by atoms with Crippen LogP contribution in [0.1, 0.15) is 47.1 Å². The van der Waals surface area contributed by atoms with Crippen LogP contribution in [0.15, 0.2) is 60.6 Å². The number of hydrogen-bond donors (Lipinski definition) is 0. The number of ether oxygens (including phenoxy) is 1. The molecule has 4 nitrogen and oxygen atoms in total. The largest absolute Gasteiger partial charge is 0.438 e. The molecule has 0 saturated heterocycles. The minimum atomic E-state index is -0.171. The van der Waals surface area contributed by atoms with Crippen LogP contribution in [0.2, 0.25) is 0 Å². The molecule has 0 radical (unpaired) electrons. The zero-order valence-electron chi connectivity index (χ0n) is 13.9. The Hall–Kier alpha value is -2.88. The van der Waals surface area contributed by atoms with Crippen LogP contribution in [0.5, 0.6) is 5.75 Å². The number of carbonyl (C=O) groups is 2. The molecule has 0 fully saturated rings. The Morgan fingerprint density at radius 1 is 1.04 bits per heavy atom. The highest BCUT2D eigenvalue weighted by molar-refractivity contribution is 5.98. The average Bonchev–Trinajstić information content (AvgIpc) is 3.33. The first kappa shape index (κ1) is 16.0. The zero-order chi connectivity index (χ0) is 17.3. The van der Waals surface area contributed by atoms with Crippen LogP contribution in [0.3, 0.4) is 0 Å². The third-order valence-corrected chi connectivity index (χ3v) is 3.83. The van der Waals surface area contributed by atoms with Crippen LogP contribution < -0.4 is 4.74 Å². The standard InChI is InChI=1S/C20H19NO3/c1-20(2,3)16-6-4-5-7-17(16)24-18-12-21(18)19(23)15-10-8-14(13-22)9-11-15/h4-13H,1-3H3. The lowest BCUT2D eigenvalue weighted by atomic mass is 9.86. The van der Waals surface area contributed by atoms with Gasteiger partial charge < -0.3 is 4.74 Å². The zero-order valence-corrected chi connectivity index (χ0v) is 13.9. The first-order chi connectivity index (χ1) is 11.4. The van der Waals surface area contributed by atoms with Gasteiger partial charge in [-0.15, -0.1) is 0 Å². The number of aldehydes is 1.